The van der Waals surface area contributed by atoms with E-state index in [2.05, 4.69) is 38.2 Å². The molecule has 0 aromatic carbocycles. The van der Waals surface area contributed by atoms with Gasteiger partial charge in [-0.2, -0.15) is 0 Å². The lowest BCUT2D eigenvalue weighted by atomic mass is 10.0. The summed E-state index contributed by atoms with van der Waals surface area (Å²) in [6.45, 7) is 6.45. The van der Waals surface area contributed by atoms with E-state index >= 15 is 0 Å². The highest BCUT2D eigenvalue weighted by molar-refractivity contribution is 5.77. The summed E-state index contributed by atoms with van der Waals surface area (Å²) < 4.78 is 5.90. The summed E-state index contributed by atoms with van der Waals surface area (Å²) in [5, 5.41) is 23.6. The largest absolute Gasteiger partial charge is 0.462 e. The lowest BCUT2D eigenvalue weighted by Crippen LogP contribution is -2.46. The minimum Gasteiger partial charge on any atom is -0.462 e. The molecular formula is C48H93NO5. The van der Waals surface area contributed by atoms with Crippen LogP contribution >= 0.6 is 0 Å². The van der Waals surface area contributed by atoms with Gasteiger partial charge in [0.2, 0.25) is 5.91 Å². The SMILES string of the molecule is CCCCC/C=C\CCCCCC(CC(=O)NC(CO)C(O)CCCCCCCCCCCCCC)OC(=O)CCCCCCCCCCCCCCC. The second-order valence-corrected chi connectivity index (χ2v) is 16.5. The predicted molar refractivity (Wildman–Crippen MR) is 232 cm³/mol. The third-order valence-electron chi connectivity index (χ3n) is 11.1. The van der Waals surface area contributed by atoms with Gasteiger partial charge in [-0.1, -0.05) is 206 Å². The van der Waals surface area contributed by atoms with Gasteiger partial charge < -0.3 is 20.3 Å². The molecule has 0 rings (SSSR count). The maximum atomic E-state index is 13.1. The highest BCUT2D eigenvalue weighted by Gasteiger charge is 2.24. The van der Waals surface area contributed by atoms with E-state index < -0.39 is 18.2 Å². The van der Waals surface area contributed by atoms with Gasteiger partial charge in [0.05, 0.1) is 25.2 Å². The summed E-state index contributed by atoms with van der Waals surface area (Å²) in [6.07, 6.45) is 45.5. The Bertz CT molecular complexity index is 817. The fraction of sp³-hybridized carbons (Fsp3) is 0.917. The number of aliphatic hydroxyl groups is 2. The van der Waals surface area contributed by atoms with Crippen molar-refractivity contribution in [1.82, 2.24) is 5.32 Å². The van der Waals surface area contributed by atoms with Gasteiger partial charge in [0.25, 0.3) is 0 Å². The van der Waals surface area contributed by atoms with E-state index in [1.54, 1.807) is 0 Å². The van der Waals surface area contributed by atoms with Crippen LogP contribution in [0.1, 0.15) is 258 Å². The van der Waals surface area contributed by atoms with Gasteiger partial charge in [0, 0.05) is 6.42 Å². The molecule has 0 saturated heterocycles. The molecule has 0 heterocycles. The highest BCUT2D eigenvalue weighted by atomic mass is 16.5. The summed E-state index contributed by atoms with van der Waals surface area (Å²) in [7, 11) is 0. The number of allylic oxidation sites excluding steroid dienone is 2. The van der Waals surface area contributed by atoms with Crippen molar-refractivity contribution in [2.24, 2.45) is 0 Å². The maximum absolute atomic E-state index is 13.1. The Morgan fingerprint density at radius 3 is 1.35 bits per heavy atom. The van der Waals surface area contributed by atoms with Crippen molar-refractivity contribution in [3.05, 3.63) is 12.2 Å². The topological polar surface area (TPSA) is 95.9 Å². The summed E-state index contributed by atoms with van der Waals surface area (Å²) in [6, 6.07) is -0.698. The molecule has 0 saturated carbocycles. The van der Waals surface area contributed by atoms with Crippen molar-refractivity contribution in [1.29, 1.82) is 0 Å². The second-order valence-electron chi connectivity index (χ2n) is 16.5. The fourth-order valence-corrected chi connectivity index (χ4v) is 7.43. The number of ether oxygens (including phenoxy) is 1. The van der Waals surface area contributed by atoms with Crippen LogP contribution in [0.15, 0.2) is 12.2 Å². The van der Waals surface area contributed by atoms with Crippen molar-refractivity contribution in [3.63, 3.8) is 0 Å². The summed E-state index contributed by atoms with van der Waals surface area (Å²) in [5.74, 6) is -0.479. The first kappa shape index (κ1) is 52.6. The standard InChI is InChI=1S/C48H93NO5/c1-4-7-10-13-16-19-22-24-26-29-32-35-38-41-48(53)54-44(39-36-33-30-27-21-18-15-12-9-6-3)42-47(52)49-45(43-50)46(51)40-37-34-31-28-25-23-20-17-14-11-8-5-2/h18,21,44-46,50-51H,4-17,19-20,22-43H2,1-3H3,(H,49,52)/b21-18-. The van der Waals surface area contributed by atoms with Crippen molar-refractivity contribution >= 4 is 11.9 Å². The lowest BCUT2D eigenvalue weighted by Gasteiger charge is -2.24. The molecule has 6 heteroatoms. The molecule has 3 unspecified atom stereocenters. The Kier molecular flexibility index (Phi) is 41.6. The Balaban J connectivity index is 4.52. The van der Waals surface area contributed by atoms with Gasteiger partial charge in [0.15, 0.2) is 0 Å². The summed E-state index contributed by atoms with van der Waals surface area (Å²) in [4.78, 5) is 26.0. The van der Waals surface area contributed by atoms with Gasteiger partial charge in [-0.25, -0.2) is 0 Å². The number of aliphatic hydroxyl groups excluding tert-OH is 2. The molecule has 0 bridgehead atoms. The quantitative estimate of drug-likeness (QED) is 0.0326. The van der Waals surface area contributed by atoms with E-state index in [1.165, 1.54) is 148 Å². The first-order chi connectivity index (χ1) is 26.5. The van der Waals surface area contributed by atoms with Gasteiger partial charge in [0.1, 0.15) is 6.10 Å². The average Bonchev–Trinajstić information content (AvgIpc) is 3.16. The van der Waals surface area contributed by atoms with Gasteiger partial charge in [-0.05, 0) is 51.4 Å². The number of hydrogen-bond donors (Lipinski definition) is 3. The van der Waals surface area contributed by atoms with Gasteiger partial charge in [-0.15, -0.1) is 0 Å². The number of carbonyl (C=O) groups excluding carboxylic acids is 2. The Hall–Kier alpha value is -1.40. The monoisotopic (exact) mass is 764 g/mol. The first-order valence-corrected chi connectivity index (χ1v) is 23.9. The van der Waals surface area contributed by atoms with E-state index in [1.807, 2.05) is 0 Å². The van der Waals surface area contributed by atoms with Crippen molar-refractivity contribution in [2.75, 3.05) is 6.61 Å². The first-order valence-electron chi connectivity index (χ1n) is 23.9. The van der Waals surface area contributed by atoms with Crippen LogP contribution in [0.4, 0.5) is 0 Å². The van der Waals surface area contributed by atoms with E-state index in [0.29, 0.717) is 19.3 Å². The molecule has 3 N–H and O–H groups in total. The summed E-state index contributed by atoms with van der Waals surface area (Å²) in [5.41, 5.74) is 0. The Labute approximate surface area is 336 Å². The molecule has 0 aromatic rings. The highest BCUT2D eigenvalue weighted by Crippen LogP contribution is 2.18. The van der Waals surface area contributed by atoms with Crippen LogP contribution in [0.5, 0.6) is 0 Å². The molecule has 320 valence electrons. The zero-order valence-electron chi connectivity index (χ0n) is 36.4. The van der Waals surface area contributed by atoms with Gasteiger partial charge in [-0.3, -0.25) is 9.59 Å². The zero-order valence-corrected chi connectivity index (χ0v) is 36.4. The molecule has 1 amide bonds. The molecule has 0 aliphatic rings. The Morgan fingerprint density at radius 1 is 0.519 bits per heavy atom. The molecule has 0 radical (unpaired) electrons. The van der Waals surface area contributed by atoms with Gasteiger partial charge >= 0.3 is 5.97 Å². The number of carbonyl (C=O) groups is 2. The predicted octanol–water partition coefficient (Wildman–Crippen LogP) is 13.8. The molecule has 0 aromatic heterocycles. The van der Waals surface area contributed by atoms with Crippen LogP contribution in [-0.2, 0) is 14.3 Å². The van der Waals surface area contributed by atoms with Crippen molar-refractivity contribution in [2.45, 2.75) is 277 Å². The lowest BCUT2D eigenvalue weighted by molar-refractivity contribution is -0.151. The smallest absolute Gasteiger partial charge is 0.306 e. The average molecular weight is 764 g/mol. The maximum Gasteiger partial charge on any atom is 0.306 e. The molecular weight excluding hydrogens is 671 g/mol. The number of hydrogen-bond acceptors (Lipinski definition) is 5. The van der Waals surface area contributed by atoms with Crippen LogP contribution in [0.2, 0.25) is 0 Å². The number of nitrogens with one attached hydrogen (secondary N) is 1. The van der Waals surface area contributed by atoms with Crippen LogP contribution < -0.4 is 5.32 Å². The number of rotatable bonds is 43. The van der Waals surface area contributed by atoms with Crippen LogP contribution in [-0.4, -0.2) is 46.9 Å². The molecule has 3 atom stereocenters. The van der Waals surface area contributed by atoms with E-state index in [4.69, 9.17) is 4.74 Å². The van der Waals surface area contributed by atoms with Crippen LogP contribution in [0.3, 0.4) is 0 Å². The molecule has 54 heavy (non-hydrogen) atoms. The minimum absolute atomic E-state index is 0.0729. The fourth-order valence-electron chi connectivity index (χ4n) is 7.43. The number of esters is 1. The van der Waals surface area contributed by atoms with E-state index in [9.17, 15) is 19.8 Å². The third kappa shape index (κ3) is 37.5. The van der Waals surface area contributed by atoms with Crippen LogP contribution in [0.25, 0.3) is 0 Å². The number of unbranched alkanes of at least 4 members (excludes halogenated alkanes) is 29. The Morgan fingerprint density at radius 2 is 0.889 bits per heavy atom. The molecule has 0 aliphatic heterocycles. The number of amides is 1. The van der Waals surface area contributed by atoms with Crippen molar-refractivity contribution in [3.8, 4) is 0 Å². The van der Waals surface area contributed by atoms with E-state index in [0.717, 1.165) is 64.2 Å². The van der Waals surface area contributed by atoms with E-state index in [-0.39, 0.29) is 24.9 Å². The molecule has 6 nitrogen and oxygen atoms in total. The van der Waals surface area contributed by atoms with Crippen molar-refractivity contribution < 1.29 is 24.5 Å². The zero-order chi connectivity index (χ0) is 39.6. The summed E-state index contributed by atoms with van der Waals surface area (Å²) >= 11 is 0. The minimum atomic E-state index is -0.784. The molecule has 0 spiro atoms. The normalized spacial score (nSPS) is 13.4. The molecule has 0 aliphatic carbocycles. The third-order valence-corrected chi connectivity index (χ3v) is 11.1. The second kappa shape index (κ2) is 42.7. The van der Waals surface area contributed by atoms with Crippen LogP contribution in [0, 0.1) is 0 Å². The molecule has 0 fully saturated rings.